The minimum Gasteiger partial charge on any atom is -0.461 e. The van der Waals surface area contributed by atoms with Gasteiger partial charge in [0.25, 0.3) is 0 Å². The van der Waals surface area contributed by atoms with E-state index in [0.29, 0.717) is 5.65 Å². The van der Waals surface area contributed by atoms with Crippen molar-refractivity contribution >= 4 is 23.2 Å². The van der Waals surface area contributed by atoms with E-state index in [1.165, 1.54) is 16.8 Å². The molecule has 0 atom stereocenters. The second kappa shape index (κ2) is 4.09. The monoisotopic (exact) mass is 242 g/mol. The van der Waals surface area contributed by atoms with Crippen LogP contribution in [-0.4, -0.2) is 22.0 Å². The molecule has 2 heterocycles. The Bertz CT molecular complexity index is 553. The highest BCUT2D eigenvalue weighted by Gasteiger charge is 2.13. The predicted molar refractivity (Wildman–Crippen MR) is 56.1 cm³/mol. The third kappa shape index (κ3) is 1.86. The topological polar surface area (TPSA) is 43.6 Å². The SMILES string of the molecule is CCOC(=O)c1cn2cc(F)cc(Cl)c2n1. The number of aromatic nitrogens is 2. The Morgan fingerprint density at radius 2 is 2.38 bits per heavy atom. The molecule has 0 spiro atoms. The number of fused-ring (bicyclic) bond motifs is 1. The molecule has 0 radical (unpaired) electrons. The van der Waals surface area contributed by atoms with E-state index < -0.39 is 11.8 Å². The van der Waals surface area contributed by atoms with E-state index >= 15 is 0 Å². The molecule has 0 aliphatic rings. The number of ether oxygens (including phenoxy) is 1. The number of carbonyl (C=O) groups is 1. The zero-order valence-corrected chi connectivity index (χ0v) is 9.16. The summed E-state index contributed by atoms with van der Waals surface area (Å²) in [7, 11) is 0. The highest BCUT2D eigenvalue weighted by atomic mass is 35.5. The molecule has 0 aromatic carbocycles. The number of nitrogens with zero attached hydrogens (tertiary/aromatic N) is 2. The van der Waals surface area contributed by atoms with Gasteiger partial charge in [-0.2, -0.15) is 0 Å². The lowest BCUT2D eigenvalue weighted by molar-refractivity contribution is 0.0520. The smallest absolute Gasteiger partial charge is 0.358 e. The van der Waals surface area contributed by atoms with Crippen LogP contribution in [0.2, 0.25) is 5.02 Å². The maximum absolute atomic E-state index is 13.0. The summed E-state index contributed by atoms with van der Waals surface area (Å²) in [4.78, 5) is 15.3. The first kappa shape index (κ1) is 10.9. The molecule has 0 aliphatic carbocycles. The van der Waals surface area contributed by atoms with Crippen molar-refractivity contribution in [1.29, 1.82) is 0 Å². The summed E-state index contributed by atoms with van der Waals surface area (Å²) in [6.45, 7) is 1.95. The van der Waals surface area contributed by atoms with E-state index in [0.717, 1.165) is 6.07 Å². The summed E-state index contributed by atoms with van der Waals surface area (Å²) >= 11 is 5.78. The van der Waals surface area contributed by atoms with Gasteiger partial charge < -0.3 is 9.14 Å². The summed E-state index contributed by atoms with van der Waals surface area (Å²) < 4.78 is 19.1. The average molecular weight is 243 g/mol. The number of esters is 1. The molecule has 2 rings (SSSR count). The Balaban J connectivity index is 2.51. The standard InChI is InChI=1S/C10H8ClFN2O2/c1-2-16-10(15)8-5-14-4-6(12)3-7(11)9(14)13-8/h3-5H,2H2,1H3. The Labute approximate surface area is 95.6 Å². The van der Waals surface area contributed by atoms with Crippen LogP contribution in [0.15, 0.2) is 18.5 Å². The lowest BCUT2D eigenvalue weighted by Crippen LogP contribution is -2.04. The zero-order valence-electron chi connectivity index (χ0n) is 8.41. The number of carbonyl (C=O) groups excluding carboxylic acids is 1. The van der Waals surface area contributed by atoms with Crippen molar-refractivity contribution in [2.75, 3.05) is 6.61 Å². The lowest BCUT2D eigenvalue weighted by Gasteiger charge is -1.95. The molecule has 0 aliphatic heterocycles. The van der Waals surface area contributed by atoms with Crippen LogP contribution in [0.4, 0.5) is 4.39 Å². The summed E-state index contributed by atoms with van der Waals surface area (Å²) in [5, 5.41) is 0.149. The average Bonchev–Trinajstić information content (AvgIpc) is 2.62. The van der Waals surface area contributed by atoms with Gasteiger partial charge in [-0.25, -0.2) is 14.2 Å². The lowest BCUT2D eigenvalue weighted by atomic mass is 10.4. The normalized spacial score (nSPS) is 10.7. The van der Waals surface area contributed by atoms with Gasteiger partial charge in [0, 0.05) is 12.4 Å². The van der Waals surface area contributed by atoms with Crippen LogP contribution in [0.5, 0.6) is 0 Å². The number of halogens is 2. The first-order valence-electron chi connectivity index (χ1n) is 4.62. The quantitative estimate of drug-likeness (QED) is 0.759. The molecule has 0 fully saturated rings. The van der Waals surface area contributed by atoms with Crippen molar-refractivity contribution in [1.82, 2.24) is 9.38 Å². The third-order valence-corrected chi connectivity index (χ3v) is 2.24. The predicted octanol–water partition coefficient (Wildman–Crippen LogP) is 2.30. The molecule has 0 N–H and O–H groups in total. The van der Waals surface area contributed by atoms with Gasteiger partial charge in [0.15, 0.2) is 11.3 Å². The van der Waals surface area contributed by atoms with Crippen LogP contribution in [0.25, 0.3) is 5.65 Å². The highest BCUT2D eigenvalue weighted by molar-refractivity contribution is 6.33. The van der Waals surface area contributed by atoms with E-state index in [1.807, 2.05) is 0 Å². The summed E-state index contributed by atoms with van der Waals surface area (Å²) in [5.74, 6) is -1.05. The van der Waals surface area contributed by atoms with E-state index in [1.54, 1.807) is 6.92 Å². The number of hydrogen-bond acceptors (Lipinski definition) is 3. The molecule has 4 nitrogen and oxygen atoms in total. The largest absolute Gasteiger partial charge is 0.461 e. The van der Waals surface area contributed by atoms with Crippen LogP contribution >= 0.6 is 11.6 Å². The van der Waals surface area contributed by atoms with Crippen molar-refractivity contribution in [2.24, 2.45) is 0 Å². The third-order valence-electron chi connectivity index (χ3n) is 1.96. The maximum Gasteiger partial charge on any atom is 0.358 e. The van der Waals surface area contributed by atoms with Crippen LogP contribution in [0.1, 0.15) is 17.4 Å². The van der Waals surface area contributed by atoms with Crippen molar-refractivity contribution in [2.45, 2.75) is 6.92 Å². The number of pyridine rings is 1. The Hall–Kier alpha value is -1.62. The van der Waals surface area contributed by atoms with Gasteiger partial charge in [-0.1, -0.05) is 11.6 Å². The fourth-order valence-electron chi connectivity index (χ4n) is 1.33. The molecule has 2 aromatic heterocycles. The molecule has 2 aromatic rings. The molecule has 0 saturated heterocycles. The van der Waals surface area contributed by atoms with E-state index in [9.17, 15) is 9.18 Å². The first-order valence-corrected chi connectivity index (χ1v) is 5.00. The molecule has 0 bridgehead atoms. The van der Waals surface area contributed by atoms with E-state index in [2.05, 4.69) is 4.98 Å². The Kier molecular flexibility index (Phi) is 2.78. The fourth-order valence-corrected chi connectivity index (χ4v) is 1.57. The van der Waals surface area contributed by atoms with Gasteiger partial charge in [-0.15, -0.1) is 0 Å². The van der Waals surface area contributed by atoms with Crippen LogP contribution < -0.4 is 0 Å². The van der Waals surface area contributed by atoms with Crippen LogP contribution in [0.3, 0.4) is 0 Å². The summed E-state index contributed by atoms with van der Waals surface area (Å²) in [6.07, 6.45) is 2.57. The molecule has 0 amide bonds. The van der Waals surface area contributed by atoms with Crippen molar-refractivity contribution < 1.29 is 13.9 Å². The van der Waals surface area contributed by atoms with Gasteiger partial charge in [0.1, 0.15) is 5.82 Å². The van der Waals surface area contributed by atoms with Crippen LogP contribution in [0, 0.1) is 5.82 Å². The molecule has 0 unspecified atom stereocenters. The minimum absolute atomic E-state index is 0.106. The molecular formula is C10H8ClFN2O2. The maximum atomic E-state index is 13.0. The molecular weight excluding hydrogens is 235 g/mol. The van der Waals surface area contributed by atoms with Crippen molar-refractivity contribution in [3.8, 4) is 0 Å². The summed E-state index contributed by atoms with van der Waals surface area (Å²) in [5.41, 5.74) is 0.431. The molecule has 6 heteroatoms. The Morgan fingerprint density at radius 1 is 1.62 bits per heavy atom. The van der Waals surface area contributed by atoms with Gasteiger partial charge in [-0.3, -0.25) is 0 Å². The van der Waals surface area contributed by atoms with E-state index in [-0.39, 0.29) is 17.3 Å². The first-order chi connectivity index (χ1) is 7.61. The molecule has 84 valence electrons. The van der Waals surface area contributed by atoms with Gasteiger partial charge in [-0.05, 0) is 13.0 Å². The second-order valence-corrected chi connectivity index (χ2v) is 3.49. The van der Waals surface area contributed by atoms with E-state index in [4.69, 9.17) is 16.3 Å². The number of rotatable bonds is 2. The highest BCUT2D eigenvalue weighted by Crippen LogP contribution is 2.18. The van der Waals surface area contributed by atoms with Crippen molar-refractivity contribution in [3.63, 3.8) is 0 Å². The zero-order chi connectivity index (χ0) is 11.7. The van der Waals surface area contributed by atoms with Crippen LogP contribution in [-0.2, 0) is 4.74 Å². The molecule has 0 saturated carbocycles. The number of hydrogen-bond donors (Lipinski definition) is 0. The Morgan fingerprint density at radius 3 is 3.06 bits per heavy atom. The van der Waals surface area contributed by atoms with Gasteiger partial charge >= 0.3 is 5.97 Å². The summed E-state index contributed by atoms with van der Waals surface area (Å²) in [6, 6.07) is 1.14. The van der Waals surface area contributed by atoms with Gasteiger partial charge in [0.2, 0.25) is 0 Å². The van der Waals surface area contributed by atoms with Crippen molar-refractivity contribution in [3.05, 3.63) is 35.0 Å². The minimum atomic E-state index is -0.553. The molecule has 16 heavy (non-hydrogen) atoms. The second-order valence-electron chi connectivity index (χ2n) is 3.08. The number of imidazole rings is 1. The van der Waals surface area contributed by atoms with Gasteiger partial charge in [0.05, 0.1) is 11.6 Å². The fraction of sp³-hybridized carbons (Fsp3) is 0.200.